The van der Waals surface area contributed by atoms with E-state index in [2.05, 4.69) is 54.3 Å². The minimum atomic E-state index is 1.09. The van der Waals surface area contributed by atoms with Crippen molar-refractivity contribution in [1.82, 2.24) is 10.4 Å². The van der Waals surface area contributed by atoms with Crippen LogP contribution >= 0.6 is 0 Å². The number of anilines is 1. The molecule has 1 aliphatic rings. The molecule has 1 aromatic carbocycles. The molecule has 1 aromatic rings. The molecule has 0 aromatic heterocycles. The summed E-state index contributed by atoms with van der Waals surface area (Å²) in [4.78, 5) is 2.52. The van der Waals surface area contributed by atoms with Gasteiger partial charge in [0.05, 0.1) is 0 Å². The van der Waals surface area contributed by atoms with Gasteiger partial charge in [-0.2, -0.15) is 0 Å². The molecule has 0 spiro atoms. The zero-order valence-electron chi connectivity index (χ0n) is 11.9. The molecule has 0 amide bonds. The molecule has 0 atom stereocenters. The Kier molecular flexibility index (Phi) is 4.61. The Labute approximate surface area is 111 Å². The Morgan fingerprint density at radius 1 is 1.06 bits per heavy atom. The van der Waals surface area contributed by atoms with Gasteiger partial charge in [-0.15, -0.1) is 0 Å². The second-order valence-corrected chi connectivity index (χ2v) is 5.12. The van der Waals surface area contributed by atoms with Gasteiger partial charge in [0.1, 0.15) is 0 Å². The van der Waals surface area contributed by atoms with Crippen molar-refractivity contribution in [3.05, 3.63) is 29.3 Å². The fourth-order valence-corrected chi connectivity index (χ4v) is 2.66. The number of aryl methyl sites for hydroxylation is 2. The van der Waals surface area contributed by atoms with E-state index in [4.69, 9.17) is 0 Å². The molecular weight excluding hydrogens is 222 g/mol. The van der Waals surface area contributed by atoms with Gasteiger partial charge in [0.2, 0.25) is 0 Å². The smallest absolute Gasteiger partial charge is 0.0426 e. The monoisotopic (exact) mass is 247 g/mol. The molecule has 1 saturated heterocycles. The zero-order chi connectivity index (χ0) is 13.0. The molecule has 3 nitrogen and oxygen atoms in total. The van der Waals surface area contributed by atoms with Crippen LogP contribution < -0.4 is 10.3 Å². The summed E-state index contributed by atoms with van der Waals surface area (Å²) < 4.78 is 0. The maximum absolute atomic E-state index is 3.48. The summed E-state index contributed by atoms with van der Waals surface area (Å²) in [7, 11) is 0. The summed E-state index contributed by atoms with van der Waals surface area (Å²) in [6, 6.07) is 6.57. The van der Waals surface area contributed by atoms with Gasteiger partial charge < -0.3 is 4.90 Å². The minimum Gasteiger partial charge on any atom is -0.368 e. The molecule has 0 bridgehead atoms. The summed E-state index contributed by atoms with van der Waals surface area (Å²) >= 11 is 0. The van der Waals surface area contributed by atoms with Crippen molar-refractivity contribution in [2.24, 2.45) is 0 Å². The second-order valence-electron chi connectivity index (χ2n) is 5.12. The molecular formula is C15H25N3. The third kappa shape index (κ3) is 3.03. The third-order valence-electron chi connectivity index (χ3n) is 3.62. The van der Waals surface area contributed by atoms with Crippen LogP contribution in [0.3, 0.4) is 0 Å². The highest BCUT2D eigenvalue weighted by molar-refractivity contribution is 5.59. The predicted molar refractivity (Wildman–Crippen MR) is 78.0 cm³/mol. The lowest BCUT2D eigenvalue weighted by atomic mass is 10.1. The second kappa shape index (κ2) is 6.21. The van der Waals surface area contributed by atoms with Gasteiger partial charge in [-0.05, 0) is 31.4 Å². The molecule has 0 unspecified atom stereocenters. The number of benzene rings is 1. The van der Waals surface area contributed by atoms with Crippen molar-refractivity contribution in [2.45, 2.75) is 27.2 Å². The van der Waals surface area contributed by atoms with Gasteiger partial charge in [-0.3, -0.25) is 5.43 Å². The van der Waals surface area contributed by atoms with Crippen molar-refractivity contribution in [3.63, 3.8) is 0 Å². The molecule has 1 heterocycles. The fourth-order valence-electron chi connectivity index (χ4n) is 2.66. The highest BCUT2D eigenvalue weighted by Gasteiger charge is 2.18. The van der Waals surface area contributed by atoms with E-state index in [9.17, 15) is 0 Å². The van der Waals surface area contributed by atoms with Crippen molar-refractivity contribution in [1.29, 1.82) is 0 Å². The maximum Gasteiger partial charge on any atom is 0.0426 e. The largest absolute Gasteiger partial charge is 0.368 e. The molecule has 3 heteroatoms. The first-order valence-corrected chi connectivity index (χ1v) is 7.02. The van der Waals surface area contributed by atoms with Gasteiger partial charge in [0.25, 0.3) is 0 Å². The number of hydrogen-bond acceptors (Lipinski definition) is 3. The first-order chi connectivity index (χ1) is 8.72. The molecule has 18 heavy (non-hydrogen) atoms. The fraction of sp³-hybridized carbons (Fsp3) is 0.600. The lowest BCUT2D eigenvalue weighted by Crippen LogP contribution is -2.52. The zero-order valence-corrected chi connectivity index (χ0v) is 11.9. The Bertz CT molecular complexity index is 361. The normalized spacial score (nSPS) is 17.2. The van der Waals surface area contributed by atoms with E-state index < -0.39 is 0 Å². The number of nitrogens with one attached hydrogen (secondary N) is 1. The molecule has 1 aliphatic heterocycles. The van der Waals surface area contributed by atoms with Crippen LogP contribution in [-0.4, -0.2) is 37.7 Å². The van der Waals surface area contributed by atoms with Gasteiger partial charge in [-0.25, -0.2) is 5.01 Å². The van der Waals surface area contributed by atoms with Crippen LogP contribution in [0.5, 0.6) is 0 Å². The van der Waals surface area contributed by atoms with Gasteiger partial charge in [0.15, 0.2) is 0 Å². The number of piperazine rings is 1. The van der Waals surface area contributed by atoms with E-state index in [0.29, 0.717) is 0 Å². The highest BCUT2D eigenvalue weighted by atomic mass is 15.5. The minimum absolute atomic E-state index is 1.09. The Morgan fingerprint density at radius 3 is 2.22 bits per heavy atom. The van der Waals surface area contributed by atoms with Crippen LogP contribution in [0.4, 0.5) is 5.69 Å². The molecule has 2 rings (SSSR count). The molecule has 1 N–H and O–H groups in total. The molecule has 0 saturated carbocycles. The summed E-state index contributed by atoms with van der Waals surface area (Å²) in [6.45, 7) is 12.2. The first-order valence-electron chi connectivity index (χ1n) is 7.02. The van der Waals surface area contributed by atoms with E-state index in [-0.39, 0.29) is 0 Å². The number of hydrazine groups is 1. The van der Waals surface area contributed by atoms with Crippen LogP contribution in [0.2, 0.25) is 0 Å². The first kappa shape index (κ1) is 13.4. The van der Waals surface area contributed by atoms with Crippen LogP contribution in [0, 0.1) is 13.8 Å². The summed E-state index contributed by atoms with van der Waals surface area (Å²) in [5, 5.41) is 2.35. The lowest BCUT2D eigenvalue weighted by Gasteiger charge is -2.37. The van der Waals surface area contributed by atoms with E-state index in [1.165, 1.54) is 23.2 Å². The van der Waals surface area contributed by atoms with Crippen molar-refractivity contribution in [2.75, 3.05) is 37.6 Å². The Morgan fingerprint density at radius 2 is 1.67 bits per heavy atom. The number of para-hydroxylation sites is 1. The quantitative estimate of drug-likeness (QED) is 0.881. The average Bonchev–Trinajstić information content (AvgIpc) is 2.37. The topological polar surface area (TPSA) is 18.5 Å². The van der Waals surface area contributed by atoms with E-state index >= 15 is 0 Å². The van der Waals surface area contributed by atoms with Crippen molar-refractivity contribution < 1.29 is 0 Å². The van der Waals surface area contributed by atoms with Crippen molar-refractivity contribution in [3.8, 4) is 0 Å². The molecule has 0 radical (unpaired) electrons. The average molecular weight is 247 g/mol. The Hall–Kier alpha value is -1.06. The molecule has 1 fully saturated rings. The Balaban J connectivity index is 1.97. The maximum atomic E-state index is 3.48. The van der Waals surface area contributed by atoms with E-state index in [0.717, 1.165) is 32.7 Å². The highest BCUT2D eigenvalue weighted by Crippen LogP contribution is 2.25. The molecule has 0 aliphatic carbocycles. The number of rotatable bonds is 4. The number of hydrogen-bond donors (Lipinski definition) is 1. The predicted octanol–water partition coefficient (Wildman–Crippen LogP) is 2.34. The molecule has 100 valence electrons. The number of nitrogens with zero attached hydrogens (tertiary/aromatic N) is 2. The van der Waals surface area contributed by atoms with Gasteiger partial charge in [-0.1, -0.05) is 25.1 Å². The lowest BCUT2D eigenvalue weighted by molar-refractivity contribution is 0.177. The summed E-state index contributed by atoms with van der Waals surface area (Å²) in [6.07, 6.45) is 1.19. The standard InChI is InChI=1S/C15H25N3/c1-4-8-16-18-11-9-17(10-12-18)15-13(2)6-5-7-14(15)3/h5-7,16H,4,8-12H2,1-3H3. The van der Waals surface area contributed by atoms with Crippen LogP contribution in [-0.2, 0) is 0 Å². The van der Waals surface area contributed by atoms with E-state index in [1.54, 1.807) is 0 Å². The van der Waals surface area contributed by atoms with Crippen molar-refractivity contribution >= 4 is 5.69 Å². The van der Waals surface area contributed by atoms with Crippen LogP contribution in [0.1, 0.15) is 24.5 Å². The van der Waals surface area contributed by atoms with Crippen LogP contribution in [0.25, 0.3) is 0 Å². The van der Waals surface area contributed by atoms with Gasteiger partial charge in [0, 0.05) is 38.4 Å². The van der Waals surface area contributed by atoms with Crippen LogP contribution in [0.15, 0.2) is 18.2 Å². The van der Waals surface area contributed by atoms with Gasteiger partial charge >= 0.3 is 0 Å². The third-order valence-corrected chi connectivity index (χ3v) is 3.62. The van der Waals surface area contributed by atoms with E-state index in [1.807, 2.05) is 0 Å². The summed E-state index contributed by atoms with van der Waals surface area (Å²) in [5.74, 6) is 0. The SMILES string of the molecule is CCCNN1CCN(c2c(C)cccc2C)CC1. The summed E-state index contributed by atoms with van der Waals surface area (Å²) in [5.41, 5.74) is 7.70.